The molecule has 1 amide bonds. The van der Waals surface area contributed by atoms with Crippen LogP contribution in [0.5, 0.6) is 5.75 Å². The van der Waals surface area contributed by atoms with Crippen molar-refractivity contribution in [2.24, 2.45) is 4.99 Å². The van der Waals surface area contributed by atoms with Gasteiger partial charge in [0.25, 0.3) is 5.91 Å². The highest BCUT2D eigenvalue weighted by Gasteiger charge is 2.30. The predicted molar refractivity (Wildman–Crippen MR) is 113 cm³/mol. The van der Waals surface area contributed by atoms with Gasteiger partial charge in [-0.05, 0) is 53.2 Å². The van der Waals surface area contributed by atoms with E-state index in [0.29, 0.717) is 33.1 Å². The van der Waals surface area contributed by atoms with E-state index in [1.165, 1.54) is 28.8 Å². The number of hydrogen-bond acceptors (Lipinski definition) is 6. The molecular formula is C21H16ClN2O4S-. The van der Waals surface area contributed by atoms with Crippen LogP contribution in [0.3, 0.4) is 0 Å². The van der Waals surface area contributed by atoms with Crippen molar-refractivity contribution in [2.45, 2.75) is 0 Å². The molecule has 1 fully saturated rings. The first-order valence-corrected chi connectivity index (χ1v) is 9.69. The topological polar surface area (TPSA) is 82.0 Å². The molecule has 2 aromatic rings. The van der Waals surface area contributed by atoms with Crippen LogP contribution in [0.15, 0.2) is 65.0 Å². The quantitative estimate of drug-likeness (QED) is 0.520. The van der Waals surface area contributed by atoms with Crippen LogP contribution >= 0.6 is 23.4 Å². The van der Waals surface area contributed by atoms with Crippen LogP contribution in [0.4, 0.5) is 5.69 Å². The number of ether oxygens (including phenoxy) is 1. The van der Waals surface area contributed by atoms with E-state index < -0.39 is 5.97 Å². The summed E-state index contributed by atoms with van der Waals surface area (Å²) in [5.41, 5.74) is 1.18. The minimum atomic E-state index is -1.28. The Morgan fingerprint density at radius 2 is 2.14 bits per heavy atom. The van der Waals surface area contributed by atoms with Crippen molar-refractivity contribution in [3.8, 4) is 5.75 Å². The SMILES string of the molecule is C=CCOc1ccc(/C=C2\SC(=Nc3cccc(C(=O)[O-])c3)N(C)C2=O)cc1Cl. The van der Waals surface area contributed by atoms with Gasteiger partial charge in [-0.2, -0.15) is 0 Å². The van der Waals surface area contributed by atoms with E-state index in [4.69, 9.17) is 16.3 Å². The highest BCUT2D eigenvalue weighted by Crippen LogP contribution is 2.34. The van der Waals surface area contributed by atoms with Crippen molar-refractivity contribution in [1.82, 2.24) is 4.90 Å². The fourth-order valence-electron chi connectivity index (χ4n) is 2.49. The number of carboxylic acid groups (broad SMARTS) is 1. The molecule has 1 heterocycles. The van der Waals surface area contributed by atoms with Gasteiger partial charge in [0.1, 0.15) is 12.4 Å². The molecule has 0 radical (unpaired) electrons. The smallest absolute Gasteiger partial charge is 0.266 e. The number of hydrogen-bond donors (Lipinski definition) is 0. The van der Waals surface area contributed by atoms with E-state index in [0.717, 1.165) is 5.56 Å². The van der Waals surface area contributed by atoms with Crippen molar-refractivity contribution < 1.29 is 19.4 Å². The van der Waals surface area contributed by atoms with Crippen LogP contribution < -0.4 is 9.84 Å². The van der Waals surface area contributed by atoms with Crippen LogP contribution in [0, 0.1) is 0 Å². The van der Waals surface area contributed by atoms with Gasteiger partial charge in [0.05, 0.1) is 21.6 Å². The summed E-state index contributed by atoms with van der Waals surface area (Å²) in [7, 11) is 1.61. The predicted octanol–water partition coefficient (Wildman–Crippen LogP) is 3.50. The molecule has 1 aliphatic rings. The normalized spacial score (nSPS) is 16.5. The van der Waals surface area contributed by atoms with Crippen molar-refractivity contribution in [3.05, 3.63) is 76.2 Å². The van der Waals surface area contributed by atoms with Gasteiger partial charge in [-0.25, -0.2) is 4.99 Å². The third-order valence-corrected chi connectivity index (χ3v) is 5.28. The summed E-state index contributed by atoms with van der Waals surface area (Å²) < 4.78 is 5.44. The first-order valence-electron chi connectivity index (χ1n) is 8.50. The fourth-order valence-corrected chi connectivity index (χ4v) is 3.72. The third-order valence-electron chi connectivity index (χ3n) is 3.92. The van der Waals surface area contributed by atoms with Crippen LogP contribution in [-0.4, -0.2) is 35.6 Å². The molecule has 0 atom stereocenters. The van der Waals surface area contributed by atoms with Crippen molar-refractivity contribution >= 4 is 52.2 Å². The molecule has 2 aromatic carbocycles. The Hall–Kier alpha value is -3.03. The summed E-state index contributed by atoms with van der Waals surface area (Å²) in [6.07, 6.45) is 3.34. The minimum absolute atomic E-state index is 0.0213. The summed E-state index contributed by atoms with van der Waals surface area (Å²) in [4.78, 5) is 29.8. The Bertz CT molecular complexity index is 1050. The van der Waals surface area contributed by atoms with E-state index in [2.05, 4.69) is 11.6 Å². The summed E-state index contributed by atoms with van der Waals surface area (Å²) in [6, 6.07) is 11.3. The zero-order valence-corrected chi connectivity index (χ0v) is 17.0. The Labute approximate surface area is 177 Å². The van der Waals surface area contributed by atoms with Crippen molar-refractivity contribution in [2.75, 3.05) is 13.7 Å². The van der Waals surface area contributed by atoms with Gasteiger partial charge < -0.3 is 14.6 Å². The molecule has 0 bridgehead atoms. The second-order valence-electron chi connectivity index (χ2n) is 6.00. The molecule has 0 aromatic heterocycles. The molecule has 6 nitrogen and oxygen atoms in total. The Morgan fingerprint density at radius 3 is 2.83 bits per heavy atom. The molecule has 148 valence electrons. The average Bonchev–Trinajstić information content (AvgIpc) is 2.95. The van der Waals surface area contributed by atoms with Crippen LogP contribution in [-0.2, 0) is 4.79 Å². The van der Waals surface area contributed by atoms with Crippen LogP contribution in [0.25, 0.3) is 6.08 Å². The van der Waals surface area contributed by atoms with Gasteiger partial charge in [-0.1, -0.05) is 42.5 Å². The van der Waals surface area contributed by atoms with Gasteiger partial charge in [0.15, 0.2) is 5.17 Å². The summed E-state index contributed by atoms with van der Waals surface area (Å²) in [5, 5.41) is 11.9. The average molecular weight is 428 g/mol. The maximum atomic E-state index is 12.6. The molecule has 0 aliphatic carbocycles. The molecule has 0 spiro atoms. The molecule has 29 heavy (non-hydrogen) atoms. The summed E-state index contributed by atoms with van der Waals surface area (Å²) in [5.74, 6) is -0.965. The number of amidine groups is 1. The molecule has 8 heteroatoms. The standard InChI is InChI=1S/C21H17ClN2O4S/c1-3-9-28-17-8-7-13(10-16(17)22)11-18-19(25)24(2)21(29-18)23-15-6-4-5-14(12-15)20(26)27/h3-8,10-12H,1,9H2,2H3,(H,26,27)/p-1/b18-11-,23-21?. The maximum Gasteiger partial charge on any atom is 0.266 e. The lowest BCUT2D eigenvalue weighted by atomic mass is 10.2. The van der Waals surface area contributed by atoms with Gasteiger partial charge >= 0.3 is 0 Å². The number of benzene rings is 2. The highest BCUT2D eigenvalue weighted by atomic mass is 35.5. The lowest BCUT2D eigenvalue weighted by Gasteiger charge is -2.08. The fraction of sp³-hybridized carbons (Fsp3) is 0.0952. The first kappa shape index (κ1) is 20.7. The Morgan fingerprint density at radius 1 is 1.34 bits per heavy atom. The molecule has 1 aliphatic heterocycles. The number of nitrogens with zero attached hydrogens (tertiary/aromatic N) is 2. The van der Waals surface area contributed by atoms with E-state index in [1.54, 1.807) is 49.5 Å². The van der Waals surface area contributed by atoms with Crippen LogP contribution in [0.1, 0.15) is 15.9 Å². The number of rotatable bonds is 6. The van der Waals surface area contributed by atoms with E-state index in [1.807, 2.05) is 0 Å². The van der Waals surface area contributed by atoms with E-state index in [-0.39, 0.29) is 11.5 Å². The Kier molecular flexibility index (Phi) is 6.41. The second kappa shape index (κ2) is 8.98. The Balaban J connectivity index is 1.85. The minimum Gasteiger partial charge on any atom is -0.545 e. The number of thioether (sulfide) groups is 1. The number of likely N-dealkylation sites (N-methyl/N-ethyl adjacent to an activating group) is 1. The number of halogens is 1. The van der Waals surface area contributed by atoms with Gasteiger partial charge in [0.2, 0.25) is 0 Å². The zero-order chi connectivity index (χ0) is 21.0. The molecule has 3 rings (SSSR count). The lowest BCUT2D eigenvalue weighted by Crippen LogP contribution is -2.23. The van der Waals surface area contributed by atoms with E-state index >= 15 is 0 Å². The van der Waals surface area contributed by atoms with E-state index in [9.17, 15) is 14.7 Å². The second-order valence-corrected chi connectivity index (χ2v) is 7.41. The third kappa shape index (κ3) is 4.88. The number of amides is 1. The van der Waals surface area contributed by atoms with Crippen LogP contribution in [0.2, 0.25) is 5.02 Å². The van der Waals surface area contributed by atoms with Gasteiger partial charge in [-0.3, -0.25) is 9.69 Å². The monoisotopic (exact) mass is 427 g/mol. The number of carbonyl (C=O) groups is 2. The van der Waals surface area contributed by atoms with Gasteiger partial charge in [-0.15, -0.1) is 0 Å². The number of aromatic carboxylic acids is 1. The van der Waals surface area contributed by atoms with Gasteiger partial charge in [0, 0.05) is 7.05 Å². The zero-order valence-electron chi connectivity index (χ0n) is 15.4. The maximum absolute atomic E-state index is 12.6. The highest BCUT2D eigenvalue weighted by molar-refractivity contribution is 8.18. The summed E-state index contributed by atoms with van der Waals surface area (Å²) in [6.45, 7) is 3.94. The summed E-state index contributed by atoms with van der Waals surface area (Å²) >= 11 is 7.42. The molecule has 1 saturated heterocycles. The molecule has 0 N–H and O–H groups in total. The number of carboxylic acids is 1. The molecular weight excluding hydrogens is 412 g/mol. The molecule has 0 saturated carbocycles. The van der Waals surface area contributed by atoms with Crippen molar-refractivity contribution in [3.63, 3.8) is 0 Å². The largest absolute Gasteiger partial charge is 0.545 e. The van der Waals surface area contributed by atoms with Crippen molar-refractivity contribution in [1.29, 1.82) is 0 Å². The lowest BCUT2D eigenvalue weighted by molar-refractivity contribution is -0.255. The number of carbonyl (C=O) groups excluding carboxylic acids is 2. The molecule has 0 unspecified atom stereocenters. The number of aliphatic imine (C=N–C) groups is 1. The first-order chi connectivity index (χ1) is 13.9.